The summed E-state index contributed by atoms with van der Waals surface area (Å²) < 4.78 is 25.6. The molecular formula is C10H11NO5S. The Balaban J connectivity index is 2.89. The van der Waals surface area contributed by atoms with Gasteiger partial charge in [0.15, 0.2) is 6.29 Å². The number of aldehydes is 1. The molecule has 1 aromatic carbocycles. The van der Waals surface area contributed by atoms with E-state index in [1.807, 2.05) is 0 Å². The molecule has 1 rings (SSSR count). The topological polar surface area (TPSA) is 101 Å². The van der Waals surface area contributed by atoms with Crippen LogP contribution >= 0.6 is 0 Å². The normalized spacial score (nSPS) is 11.1. The highest BCUT2D eigenvalue weighted by atomic mass is 32.2. The van der Waals surface area contributed by atoms with Crippen molar-refractivity contribution < 1.29 is 23.1 Å². The van der Waals surface area contributed by atoms with Crippen molar-refractivity contribution in [2.75, 3.05) is 6.54 Å². The van der Waals surface area contributed by atoms with E-state index < -0.39 is 16.0 Å². The van der Waals surface area contributed by atoms with E-state index in [1.165, 1.54) is 18.2 Å². The number of carbonyl (C=O) groups excluding carboxylic acids is 1. The van der Waals surface area contributed by atoms with E-state index in [0.29, 0.717) is 6.29 Å². The van der Waals surface area contributed by atoms with E-state index in [-0.39, 0.29) is 23.4 Å². The largest absolute Gasteiger partial charge is 0.481 e. The van der Waals surface area contributed by atoms with Gasteiger partial charge in [-0.1, -0.05) is 18.2 Å². The maximum absolute atomic E-state index is 11.7. The molecule has 92 valence electrons. The summed E-state index contributed by atoms with van der Waals surface area (Å²) in [5.74, 6) is -1.10. The standard InChI is InChI=1S/C10H11NO5S/c12-7-8-3-1-2-4-9(8)17(15,16)11-6-5-10(13)14/h1-4,7,11H,5-6H2,(H,13,14). The Morgan fingerprint density at radius 3 is 2.59 bits per heavy atom. The minimum absolute atomic E-state index is 0.0373. The zero-order chi connectivity index (χ0) is 12.9. The van der Waals surface area contributed by atoms with Crippen molar-refractivity contribution in [3.05, 3.63) is 29.8 Å². The lowest BCUT2D eigenvalue weighted by Gasteiger charge is -2.07. The molecule has 0 amide bonds. The zero-order valence-electron chi connectivity index (χ0n) is 8.79. The van der Waals surface area contributed by atoms with E-state index in [1.54, 1.807) is 6.07 Å². The molecule has 0 aliphatic rings. The van der Waals surface area contributed by atoms with Crippen molar-refractivity contribution >= 4 is 22.3 Å². The van der Waals surface area contributed by atoms with Gasteiger partial charge in [-0.25, -0.2) is 13.1 Å². The van der Waals surface area contributed by atoms with Gasteiger partial charge in [-0.3, -0.25) is 9.59 Å². The smallest absolute Gasteiger partial charge is 0.304 e. The SMILES string of the molecule is O=Cc1ccccc1S(=O)(=O)NCCC(=O)O. The molecule has 0 fully saturated rings. The van der Waals surface area contributed by atoms with Crippen molar-refractivity contribution in [1.82, 2.24) is 4.72 Å². The second-order valence-electron chi connectivity index (χ2n) is 3.20. The molecule has 17 heavy (non-hydrogen) atoms. The van der Waals surface area contributed by atoms with Crippen molar-refractivity contribution in [2.24, 2.45) is 0 Å². The summed E-state index contributed by atoms with van der Waals surface area (Å²) in [6.45, 7) is -0.217. The number of sulfonamides is 1. The molecule has 1 aromatic rings. The third kappa shape index (κ3) is 3.65. The van der Waals surface area contributed by atoms with Gasteiger partial charge in [-0.15, -0.1) is 0 Å². The quantitative estimate of drug-likeness (QED) is 0.711. The van der Waals surface area contributed by atoms with Gasteiger partial charge in [0.2, 0.25) is 10.0 Å². The predicted molar refractivity (Wildman–Crippen MR) is 59.3 cm³/mol. The van der Waals surface area contributed by atoms with Crippen molar-refractivity contribution in [1.29, 1.82) is 0 Å². The molecular weight excluding hydrogens is 246 g/mol. The van der Waals surface area contributed by atoms with Gasteiger partial charge in [0.1, 0.15) is 0 Å². The number of aliphatic carboxylic acids is 1. The number of rotatable bonds is 6. The van der Waals surface area contributed by atoms with Gasteiger partial charge in [-0.05, 0) is 6.07 Å². The Labute approximate surface area is 98.3 Å². The van der Waals surface area contributed by atoms with Crippen LogP contribution in [-0.4, -0.2) is 32.3 Å². The van der Waals surface area contributed by atoms with Crippen molar-refractivity contribution in [3.8, 4) is 0 Å². The second kappa shape index (κ2) is 5.55. The Hall–Kier alpha value is -1.73. The molecule has 0 spiro atoms. The van der Waals surface area contributed by atoms with Crippen LogP contribution in [0, 0.1) is 0 Å². The third-order valence-electron chi connectivity index (χ3n) is 1.97. The van der Waals surface area contributed by atoms with Crippen LogP contribution in [0.1, 0.15) is 16.8 Å². The van der Waals surface area contributed by atoms with Gasteiger partial charge in [0, 0.05) is 12.1 Å². The van der Waals surface area contributed by atoms with Crippen molar-refractivity contribution in [3.63, 3.8) is 0 Å². The Morgan fingerprint density at radius 1 is 1.35 bits per heavy atom. The second-order valence-corrected chi connectivity index (χ2v) is 4.93. The lowest BCUT2D eigenvalue weighted by atomic mass is 10.2. The van der Waals surface area contributed by atoms with Crippen LogP contribution in [0.2, 0.25) is 0 Å². The minimum Gasteiger partial charge on any atom is -0.481 e. The molecule has 0 unspecified atom stereocenters. The number of carbonyl (C=O) groups is 2. The van der Waals surface area contributed by atoms with Gasteiger partial charge >= 0.3 is 5.97 Å². The first-order valence-corrected chi connectivity index (χ1v) is 6.21. The van der Waals surface area contributed by atoms with E-state index in [9.17, 15) is 18.0 Å². The summed E-state index contributed by atoms with van der Waals surface area (Å²) in [6.07, 6.45) is 0.119. The van der Waals surface area contributed by atoms with Crippen molar-refractivity contribution in [2.45, 2.75) is 11.3 Å². The molecule has 0 saturated heterocycles. The maximum Gasteiger partial charge on any atom is 0.304 e. The Morgan fingerprint density at radius 2 is 2.00 bits per heavy atom. The fourth-order valence-electron chi connectivity index (χ4n) is 1.19. The van der Waals surface area contributed by atoms with E-state index in [4.69, 9.17) is 5.11 Å². The highest BCUT2D eigenvalue weighted by Gasteiger charge is 2.17. The van der Waals surface area contributed by atoms with E-state index in [0.717, 1.165) is 0 Å². The molecule has 0 heterocycles. The number of nitrogens with one attached hydrogen (secondary N) is 1. The number of hydrogen-bond acceptors (Lipinski definition) is 4. The average Bonchev–Trinajstić information content (AvgIpc) is 2.28. The van der Waals surface area contributed by atoms with E-state index in [2.05, 4.69) is 4.72 Å². The summed E-state index contributed by atoms with van der Waals surface area (Å²) in [4.78, 5) is 20.8. The molecule has 0 saturated carbocycles. The number of hydrogen-bond donors (Lipinski definition) is 2. The lowest BCUT2D eigenvalue weighted by molar-refractivity contribution is -0.136. The summed E-state index contributed by atoms with van der Waals surface area (Å²) >= 11 is 0. The van der Waals surface area contributed by atoms with Gasteiger partial charge in [-0.2, -0.15) is 0 Å². The highest BCUT2D eigenvalue weighted by molar-refractivity contribution is 7.89. The minimum atomic E-state index is -3.84. The van der Waals surface area contributed by atoms with Crippen LogP contribution in [0.5, 0.6) is 0 Å². The molecule has 0 aromatic heterocycles. The van der Waals surface area contributed by atoms with Crippen LogP contribution in [-0.2, 0) is 14.8 Å². The monoisotopic (exact) mass is 257 g/mol. The van der Waals surface area contributed by atoms with Gasteiger partial charge in [0.25, 0.3) is 0 Å². The van der Waals surface area contributed by atoms with Crippen LogP contribution in [0.4, 0.5) is 0 Å². The first kappa shape index (κ1) is 13.3. The van der Waals surface area contributed by atoms with Gasteiger partial charge in [0.05, 0.1) is 11.3 Å². The highest BCUT2D eigenvalue weighted by Crippen LogP contribution is 2.12. The van der Waals surface area contributed by atoms with Crippen LogP contribution in [0.3, 0.4) is 0 Å². The Kier molecular flexibility index (Phi) is 4.36. The predicted octanol–water partition coefficient (Wildman–Crippen LogP) is 0.252. The lowest BCUT2D eigenvalue weighted by Crippen LogP contribution is -2.27. The fraction of sp³-hybridized carbons (Fsp3) is 0.200. The first-order valence-electron chi connectivity index (χ1n) is 4.73. The Bertz CT molecular complexity index is 523. The maximum atomic E-state index is 11.7. The molecule has 0 aliphatic carbocycles. The number of carboxylic acids is 1. The molecule has 0 aliphatic heterocycles. The summed E-state index contributed by atoms with van der Waals surface area (Å²) in [6, 6.07) is 5.68. The van der Waals surface area contributed by atoms with Crippen LogP contribution in [0.15, 0.2) is 29.2 Å². The molecule has 2 N–H and O–H groups in total. The summed E-state index contributed by atoms with van der Waals surface area (Å²) in [5, 5.41) is 8.39. The molecule has 6 nitrogen and oxygen atoms in total. The van der Waals surface area contributed by atoms with Crippen LogP contribution in [0.25, 0.3) is 0 Å². The zero-order valence-corrected chi connectivity index (χ0v) is 9.61. The molecule has 0 atom stereocenters. The average molecular weight is 257 g/mol. The number of benzene rings is 1. The molecule has 7 heteroatoms. The molecule has 0 radical (unpaired) electrons. The summed E-state index contributed by atoms with van der Waals surface area (Å²) in [7, 11) is -3.84. The fourth-order valence-corrected chi connectivity index (χ4v) is 2.40. The van der Waals surface area contributed by atoms with Crippen LogP contribution < -0.4 is 4.72 Å². The first-order chi connectivity index (χ1) is 7.97. The van der Waals surface area contributed by atoms with E-state index >= 15 is 0 Å². The van der Waals surface area contributed by atoms with Gasteiger partial charge < -0.3 is 5.11 Å². The third-order valence-corrected chi connectivity index (χ3v) is 3.50. The number of carboxylic acid groups (broad SMARTS) is 1. The molecule has 0 bridgehead atoms. The summed E-state index contributed by atoms with van der Waals surface area (Å²) in [5.41, 5.74) is 0.0373.